The molecule has 1 aromatic rings. The van der Waals surface area contributed by atoms with Gasteiger partial charge in [0.2, 0.25) is 0 Å². The van der Waals surface area contributed by atoms with Gasteiger partial charge in [-0.25, -0.2) is 0 Å². The van der Waals surface area contributed by atoms with E-state index in [0.29, 0.717) is 12.5 Å². The lowest BCUT2D eigenvalue weighted by Crippen LogP contribution is -2.40. The molecule has 0 radical (unpaired) electrons. The number of nitrogens with zero attached hydrogens (tertiary/aromatic N) is 2. The van der Waals surface area contributed by atoms with Crippen molar-refractivity contribution in [2.24, 2.45) is 5.73 Å². The van der Waals surface area contributed by atoms with E-state index in [4.69, 9.17) is 5.73 Å². The van der Waals surface area contributed by atoms with Crippen LogP contribution in [-0.4, -0.2) is 27.0 Å². The number of hydrogen-bond acceptors (Lipinski definition) is 3. The second-order valence-corrected chi connectivity index (χ2v) is 4.74. The SMILES string of the molecule is CCCC(O)(CN)Cc1ccn(C(C)C)n1. The highest BCUT2D eigenvalue weighted by Gasteiger charge is 2.25. The van der Waals surface area contributed by atoms with Gasteiger partial charge in [-0.15, -0.1) is 0 Å². The monoisotopic (exact) mass is 225 g/mol. The average molecular weight is 225 g/mol. The molecule has 4 heteroatoms. The van der Waals surface area contributed by atoms with Crippen molar-refractivity contribution in [2.75, 3.05) is 6.54 Å². The van der Waals surface area contributed by atoms with E-state index in [2.05, 4.69) is 18.9 Å². The summed E-state index contributed by atoms with van der Waals surface area (Å²) < 4.78 is 1.90. The first-order chi connectivity index (χ1) is 7.50. The number of nitrogens with two attached hydrogens (primary N) is 1. The Morgan fingerprint density at radius 2 is 2.25 bits per heavy atom. The minimum atomic E-state index is -0.801. The average Bonchev–Trinajstić information content (AvgIpc) is 2.66. The molecular weight excluding hydrogens is 202 g/mol. The van der Waals surface area contributed by atoms with Crippen LogP contribution in [0.1, 0.15) is 45.3 Å². The Balaban J connectivity index is 2.70. The van der Waals surface area contributed by atoms with Gasteiger partial charge in [-0.2, -0.15) is 5.10 Å². The first-order valence-electron chi connectivity index (χ1n) is 5.97. The molecule has 0 aliphatic heterocycles. The van der Waals surface area contributed by atoms with Gasteiger partial charge in [0.05, 0.1) is 11.3 Å². The summed E-state index contributed by atoms with van der Waals surface area (Å²) in [6, 6.07) is 2.31. The molecule has 0 aromatic carbocycles. The summed E-state index contributed by atoms with van der Waals surface area (Å²) in [4.78, 5) is 0. The van der Waals surface area contributed by atoms with Crippen LogP contribution in [0.5, 0.6) is 0 Å². The molecule has 3 N–H and O–H groups in total. The highest BCUT2D eigenvalue weighted by molar-refractivity contribution is 5.04. The second-order valence-electron chi connectivity index (χ2n) is 4.74. The van der Waals surface area contributed by atoms with Crippen molar-refractivity contribution >= 4 is 0 Å². The summed E-state index contributed by atoms with van der Waals surface area (Å²) in [6.07, 6.45) is 4.14. The van der Waals surface area contributed by atoms with Crippen LogP contribution in [-0.2, 0) is 6.42 Å². The maximum absolute atomic E-state index is 10.2. The third-order valence-electron chi connectivity index (χ3n) is 2.80. The second kappa shape index (κ2) is 5.46. The normalized spacial score (nSPS) is 15.4. The molecule has 0 amide bonds. The molecule has 0 aliphatic carbocycles. The molecular formula is C12H23N3O. The van der Waals surface area contributed by atoms with Crippen LogP contribution < -0.4 is 5.73 Å². The molecule has 1 unspecified atom stereocenters. The Labute approximate surface area is 97.5 Å². The summed E-state index contributed by atoms with van der Waals surface area (Å²) in [5.74, 6) is 0. The molecule has 92 valence electrons. The number of aliphatic hydroxyl groups is 1. The molecule has 0 saturated heterocycles. The van der Waals surface area contributed by atoms with Gasteiger partial charge >= 0.3 is 0 Å². The van der Waals surface area contributed by atoms with Crippen LogP contribution in [0.4, 0.5) is 0 Å². The van der Waals surface area contributed by atoms with Crippen molar-refractivity contribution < 1.29 is 5.11 Å². The Morgan fingerprint density at radius 1 is 1.56 bits per heavy atom. The topological polar surface area (TPSA) is 64.1 Å². The predicted molar refractivity (Wildman–Crippen MR) is 65.2 cm³/mol. The molecule has 0 saturated carbocycles. The van der Waals surface area contributed by atoms with Gasteiger partial charge in [-0.3, -0.25) is 4.68 Å². The Morgan fingerprint density at radius 3 is 2.69 bits per heavy atom. The Kier molecular flexibility index (Phi) is 4.50. The van der Waals surface area contributed by atoms with Crippen molar-refractivity contribution in [1.82, 2.24) is 9.78 Å². The Hall–Kier alpha value is -0.870. The summed E-state index contributed by atoms with van der Waals surface area (Å²) >= 11 is 0. The zero-order chi connectivity index (χ0) is 12.2. The van der Waals surface area contributed by atoms with Gasteiger partial charge in [0.15, 0.2) is 0 Å². The Bertz CT molecular complexity index is 322. The van der Waals surface area contributed by atoms with E-state index in [1.807, 2.05) is 23.9 Å². The smallest absolute Gasteiger partial charge is 0.0825 e. The zero-order valence-corrected chi connectivity index (χ0v) is 10.5. The highest BCUT2D eigenvalue weighted by Crippen LogP contribution is 2.17. The largest absolute Gasteiger partial charge is 0.388 e. The van der Waals surface area contributed by atoms with Gasteiger partial charge in [0.1, 0.15) is 0 Å². The number of rotatable bonds is 6. The molecule has 0 bridgehead atoms. The lowest BCUT2D eigenvalue weighted by Gasteiger charge is -2.25. The quantitative estimate of drug-likeness (QED) is 0.771. The van der Waals surface area contributed by atoms with E-state index in [9.17, 15) is 5.11 Å². The van der Waals surface area contributed by atoms with Crippen molar-refractivity contribution in [2.45, 2.75) is 51.7 Å². The van der Waals surface area contributed by atoms with E-state index in [1.165, 1.54) is 0 Å². The van der Waals surface area contributed by atoms with E-state index < -0.39 is 5.60 Å². The molecule has 4 nitrogen and oxygen atoms in total. The highest BCUT2D eigenvalue weighted by atomic mass is 16.3. The molecule has 16 heavy (non-hydrogen) atoms. The van der Waals surface area contributed by atoms with E-state index in [-0.39, 0.29) is 6.54 Å². The molecule has 1 aromatic heterocycles. The third kappa shape index (κ3) is 3.32. The van der Waals surface area contributed by atoms with Crippen LogP contribution in [0.25, 0.3) is 0 Å². The maximum atomic E-state index is 10.2. The van der Waals surface area contributed by atoms with Crippen LogP contribution in [0.2, 0.25) is 0 Å². The maximum Gasteiger partial charge on any atom is 0.0825 e. The molecule has 1 atom stereocenters. The predicted octanol–water partition coefficient (Wildman–Crippen LogP) is 1.50. The summed E-state index contributed by atoms with van der Waals surface area (Å²) in [7, 11) is 0. The van der Waals surface area contributed by atoms with Crippen molar-refractivity contribution in [1.29, 1.82) is 0 Å². The molecule has 0 aliphatic rings. The fourth-order valence-electron chi connectivity index (χ4n) is 1.82. The standard InChI is InChI=1S/C12H23N3O/c1-4-6-12(16,9-13)8-11-5-7-15(14-11)10(2)3/h5,7,10,16H,4,6,8-9,13H2,1-3H3. The molecule has 1 rings (SSSR count). The summed E-state index contributed by atoms with van der Waals surface area (Å²) in [5.41, 5.74) is 5.73. The molecule has 0 fully saturated rings. The molecule has 0 spiro atoms. The lowest BCUT2D eigenvalue weighted by atomic mass is 9.93. The number of aromatic nitrogens is 2. The van der Waals surface area contributed by atoms with Gasteiger partial charge in [0.25, 0.3) is 0 Å². The summed E-state index contributed by atoms with van der Waals surface area (Å²) in [5, 5.41) is 14.7. The van der Waals surface area contributed by atoms with Gasteiger partial charge in [-0.05, 0) is 26.3 Å². The lowest BCUT2D eigenvalue weighted by molar-refractivity contribution is 0.0388. The van der Waals surface area contributed by atoms with Crippen LogP contribution in [0.3, 0.4) is 0 Å². The van der Waals surface area contributed by atoms with E-state index in [0.717, 1.165) is 18.5 Å². The zero-order valence-electron chi connectivity index (χ0n) is 10.5. The van der Waals surface area contributed by atoms with Crippen LogP contribution in [0.15, 0.2) is 12.3 Å². The van der Waals surface area contributed by atoms with Gasteiger partial charge in [0, 0.05) is 25.2 Å². The summed E-state index contributed by atoms with van der Waals surface area (Å²) in [6.45, 7) is 6.50. The van der Waals surface area contributed by atoms with Crippen molar-refractivity contribution in [3.05, 3.63) is 18.0 Å². The minimum Gasteiger partial charge on any atom is -0.388 e. The van der Waals surface area contributed by atoms with Crippen LogP contribution >= 0.6 is 0 Å². The minimum absolute atomic E-state index is 0.287. The fraction of sp³-hybridized carbons (Fsp3) is 0.750. The first-order valence-corrected chi connectivity index (χ1v) is 5.97. The van der Waals surface area contributed by atoms with E-state index >= 15 is 0 Å². The van der Waals surface area contributed by atoms with Gasteiger partial charge in [-0.1, -0.05) is 13.3 Å². The fourth-order valence-corrected chi connectivity index (χ4v) is 1.82. The first kappa shape index (κ1) is 13.2. The molecule has 1 heterocycles. The van der Waals surface area contributed by atoms with Crippen molar-refractivity contribution in [3.63, 3.8) is 0 Å². The van der Waals surface area contributed by atoms with E-state index in [1.54, 1.807) is 0 Å². The third-order valence-corrected chi connectivity index (χ3v) is 2.80. The van der Waals surface area contributed by atoms with Crippen LogP contribution in [0, 0.1) is 0 Å². The van der Waals surface area contributed by atoms with Crippen molar-refractivity contribution in [3.8, 4) is 0 Å². The van der Waals surface area contributed by atoms with Gasteiger partial charge < -0.3 is 10.8 Å². The number of hydrogen-bond donors (Lipinski definition) is 2.